The van der Waals surface area contributed by atoms with Crippen LogP contribution in [0.15, 0.2) is 54.6 Å². The van der Waals surface area contributed by atoms with Crippen LogP contribution in [0.25, 0.3) is 21.5 Å². The summed E-state index contributed by atoms with van der Waals surface area (Å²) in [7, 11) is 1.85. The average molecular weight is 263 g/mol. The molecule has 20 heavy (non-hydrogen) atoms. The molecule has 3 aromatic rings. The second kappa shape index (κ2) is 4.97. The molecule has 3 rings (SSSR count). The quantitative estimate of drug-likeness (QED) is 0.638. The van der Waals surface area contributed by atoms with Crippen molar-refractivity contribution in [2.24, 2.45) is 0 Å². The van der Waals surface area contributed by atoms with Crippen molar-refractivity contribution in [2.75, 3.05) is 13.6 Å². The van der Waals surface area contributed by atoms with E-state index in [0.29, 0.717) is 6.54 Å². The van der Waals surface area contributed by atoms with E-state index in [-0.39, 0.29) is 5.91 Å². The number of benzene rings is 3. The van der Waals surface area contributed by atoms with Crippen LogP contribution >= 0.6 is 0 Å². The average Bonchev–Trinajstić information content (AvgIpc) is 2.51. The Balaban J connectivity index is 2.42. The SMILES string of the molecule is CCN(C)C(=O)c1c2ccccc2cc2ccccc12. The predicted molar refractivity (Wildman–Crippen MR) is 84.1 cm³/mol. The van der Waals surface area contributed by atoms with Crippen LogP contribution in [0.4, 0.5) is 0 Å². The third-order valence-electron chi connectivity index (χ3n) is 3.81. The number of rotatable bonds is 2. The Hall–Kier alpha value is -2.35. The van der Waals surface area contributed by atoms with Crippen molar-refractivity contribution in [3.63, 3.8) is 0 Å². The third-order valence-corrected chi connectivity index (χ3v) is 3.81. The maximum atomic E-state index is 12.7. The molecule has 0 radical (unpaired) electrons. The minimum atomic E-state index is 0.0838. The molecule has 0 aromatic heterocycles. The van der Waals surface area contributed by atoms with Gasteiger partial charge in [0.05, 0.1) is 5.56 Å². The first-order valence-corrected chi connectivity index (χ1v) is 6.88. The van der Waals surface area contributed by atoms with Crippen LogP contribution in [0.5, 0.6) is 0 Å². The van der Waals surface area contributed by atoms with Gasteiger partial charge < -0.3 is 4.90 Å². The summed E-state index contributed by atoms with van der Waals surface area (Å²) < 4.78 is 0. The summed E-state index contributed by atoms with van der Waals surface area (Å²) >= 11 is 0. The van der Waals surface area contributed by atoms with E-state index in [1.807, 2.05) is 50.4 Å². The molecule has 0 atom stereocenters. The maximum absolute atomic E-state index is 12.7. The molecule has 100 valence electrons. The van der Waals surface area contributed by atoms with Crippen LogP contribution in [0.1, 0.15) is 17.3 Å². The molecule has 0 fully saturated rings. The molecule has 0 aliphatic rings. The molecule has 2 nitrogen and oxygen atoms in total. The van der Waals surface area contributed by atoms with Gasteiger partial charge in [-0.05, 0) is 34.5 Å². The third kappa shape index (κ3) is 1.94. The van der Waals surface area contributed by atoms with Crippen molar-refractivity contribution in [3.05, 3.63) is 60.2 Å². The number of hydrogen-bond acceptors (Lipinski definition) is 1. The smallest absolute Gasteiger partial charge is 0.254 e. The van der Waals surface area contributed by atoms with Crippen LogP contribution in [-0.2, 0) is 0 Å². The van der Waals surface area contributed by atoms with E-state index in [4.69, 9.17) is 0 Å². The van der Waals surface area contributed by atoms with Gasteiger partial charge in [-0.3, -0.25) is 4.79 Å². The van der Waals surface area contributed by atoms with E-state index in [1.54, 1.807) is 4.90 Å². The molecule has 2 heteroatoms. The Bertz CT molecular complexity index is 738. The van der Waals surface area contributed by atoms with Crippen molar-refractivity contribution in [2.45, 2.75) is 6.92 Å². The standard InChI is InChI=1S/C18H17NO/c1-3-19(2)18(20)17-15-10-6-4-8-13(15)12-14-9-5-7-11-16(14)17/h4-12H,3H2,1-2H3. The van der Waals surface area contributed by atoms with Crippen molar-refractivity contribution in [3.8, 4) is 0 Å². The molecule has 3 aromatic carbocycles. The number of carbonyl (C=O) groups is 1. The van der Waals surface area contributed by atoms with Gasteiger partial charge in [0.1, 0.15) is 0 Å². The molecule has 1 amide bonds. The van der Waals surface area contributed by atoms with Crippen LogP contribution in [0, 0.1) is 0 Å². The summed E-state index contributed by atoms with van der Waals surface area (Å²) in [6.45, 7) is 2.70. The molecular weight excluding hydrogens is 246 g/mol. The lowest BCUT2D eigenvalue weighted by molar-refractivity contribution is 0.0806. The predicted octanol–water partition coefficient (Wildman–Crippen LogP) is 4.08. The highest BCUT2D eigenvalue weighted by atomic mass is 16.2. The highest BCUT2D eigenvalue weighted by molar-refractivity contribution is 6.18. The monoisotopic (exact) mass is 263 g/mol. The molecule has 0 N–H and O–H groups in total. The van der Waals surface area contributed by atoms with E-state index in [9.17, 15) is 4.79 Å². The summed E-state index contributed by atoms with van der Waals surface area (Å²) in [5, 5.41) is 4.27. The number of fused-ring (bicyclic) bond motifs is 2. The highest BCUT2D eigenvalue weighted by Gasteiger charge is 2.17. The lowest BCUT2D eigenvalue weighted by Crippen LogP contribution is -2.26. The van der Waals surface area contributed by atoms with Gasteiger partial charge in [-0.2, -0.15) is 0 Å². The Morgan fingerprint density at radius 2 is 1.45 bits per heavy atom. The fourth-order valence-electron chi connectivity index (χ4n) is 2.58. The summed E-state index contributed by atoms with van der Waals surface area (Å²) in [5.74, 6) is 0.0838. The van der Waals surface area contributed by atoms with E-state index in [0.717, 1.165) is 27.1 Å². The zero-order chi connectivity index (χ0) is 14.1. The Morgan fingerprint density at radius 1 is 0.950 bits per heavy atom. The zero-order valence-electron chi connectivity index (χ0n) is 11.8. The Labute approximate surface area is 118 Å². The van der Waals surface area contributed by atoms with Gasteiger partial charge in [-0.25, -0.2) is 0 Å². The Kier molecular flexibility index (Phi) is 3.15. The normalized spacial score (nSPS) is 10.9. The van der Waals surface area contributed by atoms with Gasteiger partial charge in [-0.1, -0.05) is 48.5 Å². The molecule has 0 aliphatic heterocycles. The second-order valence-corrected chi connectivity index (χ2v) is 5.01. The molecule has 0 saturated heterocycles. The summed E-state index contributed by atoms with van der Waals surface area (Å²) in [6.07, 6.45) is 0. The number of amides is 1. The number of carbonyl (C=O) groups excluding carboxylic acids is 1. The Morgan fingerprint density at radius 3 is 1.95 bits per heavy atom. The lowest BCUT2D eigenvalue weighted by Gasteiger charge is -2.18. The number of hydrogen-bond donors (Lipinski definition) is 0. The van der Waals surface area contributed by atoms with E-state index >= 15 is 0 Å². The largest absolute Gasteiger partial charge is 0.342 e. The molecule has 0 unspecified atom stereocenters. The molecule has 0 spiro atoms. The highest BCUT2D eigenvalue weighted by Crippen LogP contribution is 2.29. The first-order valence-electron chi connectivity index (χ1n) is 6.88. The second-order valence-electron chi connectivity index (χ2n) is 5.01. The number of nitrogens with zero attached hydrogens (tertiary/aromatic N) is 1. The van der Waals surface area contributed by atoms with Gasteiger partial charge in [0.25, 0.3) is 5.91 Å². The minimum absolute atomic E-state index is 0.0838. The molecule has 0 heterocycles. The van der Waals surface area contributed by atoms with Gasteiger partial charge >= 0.3 is 0 Å². The first kappa shape index (κ1) is 12.7. The van der Waals surface area contributed by atoms with Gasteiger partial charge in [0, 0.05) is 13.6 Å². The zero-order valence-corrected chi connectivity index (χ0v) is 11.8. The van der Waals surface area contributed by atoms with Crippen molar-refractivity contribution in [1.82, 2.24) is 4.90 Å². The molecule has 0 aliphatic carbocycles. The molecular formula is C18H17NO. The molecule has 0 bridgehead atoms. The van der Waals surface area contributed by atoms with Gasteiger partial charge in [0.15, 0.2) is 0 Å². The van der Waals surface area contributed by atoms with Crippen LogP contribution in [0.3, 0.4) is 0 Å². The van der Waals surface area contributed by atoms with Crippen LogP contribution in [-0.4, -0.2) is 24.4 Å². The van der Waals surface area contributed by atoms with Gasteiger partial charge in [0.2, 0.25) is 0 Å². The van der Waals surface area contributed by atoms with E-state index in [1.165, 1.54) is 0 Å². The lowest BCUT2D eigenvalue weighted by atomic mass is 9.96. The van der Waals surface area contributed by atoms with E-state index in [2.05, 4.69) is 18.2 Å². The van der Waals surface area contributed by atoms with Gasteiger partial charge in [-0.15, -0.1) is 0 Å². The summed E-state index contributed by atoms with van der Waals surface area (Å²) in [4.78, 5) is 14.5. The topological polar surface area (TPSA) is 20.3 Å². The fraction of sp³-hybridized carbons (Fsp3) is 0.167. The van der Waals surface area contributed by atoms with Crippen LogP contribution in [0.2, 0.25) is 0 Å². The van der Waals surface area contributed by atoms with Crippen molar-refractivity contribution in [1.29, 1.82) is 0 Å². The van der Waals surface area contributed by atoms with Crippen LogP contribution < -0.4 is 0 Å². The maximum Gasteiger partial charge on any atom is 0.254 e. The van der Waals surface area contributed by atoms with Crippen molar-refractivity contribution < 1.29 is 4.79 Å². The molecule has 0 saturated carbocycles. The summed E-state index contributed by atoms with van der Waals surface area (Å²) in [5.41, 5.74) is 0.808. The van der Waals surface area contributed by atoms with Crippen molar-refractivity contribution >= 4 is 27.5 Å². The van der Waals surface area contributed by atoms with E-state index < -0.39 is 0 Å². The first-order chi connectivity index (χ1) is 9.72. The minimum Gasteiger partial charge on any atom is -0.342 e. The summed E-state index contributed by atoms with van der Waals surface area (Å²) in [6, 6.07) is 18.3. The fourth-order valence-corrected chi connectivity index (χ4v) is 2.58.